The number of hydrogen-bond donors (Lipinski definition) is 1. The highest BCUT2D eigenvalue weighted by Crippen LogP contribution is 2.25. The fourth-order valence-electron chi connectivity index (χ4n) is 1.18. The number of para-hydroxylation sites is 1. The van der Waals surface area contributed by atoms with E-state index in [-0.39, 0.29) is 0 Å². The fourth-order valence-corrected chi connectivity index (χ4v) is 1.74. The van der Waals surface area contributed by atoms with Crippen molar-refractivity contribution in [2.45, 2.75) is 31.7 Å². The molecule has 0 fully saturated rings. The van der Waals surface area contributed by atoms with Crippen molar-refractivity contribution >= 4 is 17.4 Å². The summed E-state index contributed by atoms with van der Waals surface area (Å²) in [6.45, 7) is 6.69. The Hall–Kier alpha value is -0.630. The Kier molecular flexibility index (Phi) is 4.33. The average Bonchev–Trinajstić information content (AvgIpc) is 2.18. The Labute approximate surface area is 91.3 Å². The van der Waals surface area contributed by atoms with Gasteiger partial charge in [0, 0.05) is 16.6 Å². The minimum Gasteiger partial charge on any atom is -0.381 e. The van der Waals surface area contributed by atoms with E-state index in [4.69, 9.17) is 0 Å². The quantitative estimate of drug-likeness (QED) is 0.756. The van der Waals surface area contributed by atoms with Crippen molar-refractivity contribution in [3.05, 3.63) is 24.3 Å². The van der Waals surface area contributed by atoms with E-state index in [1.54, 1.807) is 11.8 Å². The number of rotatable bonds is 4. The number of benzene rings is 1. The maximum absolute atomic E-state index is 3.54. The highest BCUT2D eigenvalue weighted by Gasteiger charge is 2.08. The van der Waals surface area contributed by atoms with Crippen LogP contribution in [0.5, 0.6) is 0 Å². The van der Waals surface area contributed by atoms with Gasteiger partial charge < -0.3 is 5.32 Å². The highest BCUT2D eigenvalue weighted by atomic mass is 32.2. The topological polar surface area (TPSA) is 12.0 Å². The van der Waals surface area contributed by atoms with Crippen LogP contribution in [0.25, 0.3) is 0 Å². The summed E-state index contributed by atoms with van der Waals surface area (Å²) in [5, 5.41) is 3.54. The molecule has 0 aliphatic rings. The first-order chi connectivity index (χ1) is 6.65. The fraction of sp³-hybridized carbons (Fsp3) is 0.500. The zero-order chi connectivity index (χ0) is 10.6. The summed E-state index contributed by atoms with van der Waals surface area (Å²) < 4.78 is 0. The molecule has 0 spiro atoms. The third-order valence-electron chi connectivity index (χ3n) is 2.49. The van der Waals surface area contributed by atoms with Gasteiger partial charge in [0.2, 0.25) is 0 Å². The van der Waals surface area contributed by atoms with Crippen LogP contribution in [0.15, 0.2) is 29.2 Å². The lowest BCUT2D eigenvalue weighted by molar-refractivity contribution is 0.559. The van der Waals surface area contributed by atoms with E-state index in [1.807, 2.05) is 0 Å². The van der Waals surface area contributed by atoms with E-state index < -0.39 is 0 Å². The number of nitrogens with one attached hydrogen (secondary N) is 1. The average molecular weight is 209 g/mol. The molecule has 0 aromatic heterocycles. The Morgan fingerprint density at radius 1 is 1.14 bits per heavy atom. The van der Waals surface area contributed by atoms with Crippen molar-refractivity contribution in [1.29, 1.82) is 0 Å². The Morgan fingerprint density at radius 2 is 1.79 bits per heavy atom. The van der Waals surface area contributed by atoms with Crippen LogP contribution in [0.2, 0.25) is 0 Å². The van der Waals surface area contributed by atoms with Gasteiger partial charge >= 0.3 is 0 Å². The molecule has 0 heterocycles. The smallest absolute Gasteiger partial charge is 0.0480 e. The maximum atomic E-state index is 3.54. The molecule has 0 bridgehead atoms. The normalized spacial score (nSPS) is 12.9. The second-order valence-corrected chi connectivity index (χ2v) is 4.73. The van der Waals surface area contributed by atoms with Crippen LogP contribution < -0.4 is 5.32 Å². The molecule has 2 heteroatoms. The van der Waals surface area contributed by atoms with Gasteiger partial charge in [0.05, 0.1) is 0 Å². The van der Waals surface area contributed by atoms with Gasteiger partial charge in [-0.1, -0.05) is 26.0 Å². The van der Waals surface area contributed by atoms with Gasteiger partial charge in [-0.2, -0.15) is 0 Å². The molecule has 0 saturated heterocycles. The van der Waals surface area contributed by atoms with Crippen LogP contribution in [-0.4, -0.2) is 12.3 Å². The van der Waals surface area contributed by atoms with Gasteiger partial charge in [-0.05, 0) is 31.2 Å². The second-order valence-electron chi connectivity index (χ2n) is 3.88. The SMILES string of the molecule is CSc1ccccc1N[C@H](C)C(C)C. The van der Waals surface area contributed by atoms with Crippen LogP contribution in [-0.2, 0) is 0 Å². The van der Waals surface area contributed by atoms with Crippen molar-refractivity contribution in [2.75, 3.05) is 11.6 Å². The summed E-state index contributed by atoms with van der Waals surface area (Å²) in [5.41, 5.74) is 1.25. The molecule has 1 aromatic carbocycles. The lowest BCUT2D eigenvalue weighted by Gasteiger charge is -2.20. The summed E-state index contributed by atoms with van der Waals surface area (Å²) in [5.74, 6) is 0.657. The van der Waals surface area contributed by atoms with Gasteiger partial charge in [-0.15, -0.1) is 11.8 Å². The molecule has 0 unspecified atom stereocenters. The summed E-state index contributed by atoms with van der Waals surface area (Å²) in [4.78, 5) is 1.32. The Bertz CT molecular complexity index is 283. The molecule has 1 aromatic rings. The van der Waals surface area contributed by atoms with E-state index in [9.17, 15) is 0 Å². The van der Waals surface area contributed by atoms with Gasteiger partial charge in [0.25, 0.3) is 0 Å². The van der Waals surface area contributed by atoms with Crippen LogP contribution in [0.1, 0.15) is 20.8 Å². The molecule has 0 amide bonds. The molecule has 14 heavy (non-hydrogen) atoms. The Morgan fingerprint density at radius 3 is 2.36 bits per heavy atom. The summed E-state index contributed by atoms with van der Waals surface area (Å²) in [6, 6.07) is 8.97. The van der Waals surface area contributed by atoms with E-state index in [0.29, 0.717) is 12.0 Å². The molecule has 1 nitrogen and oxygen atoms in total. The molecule has 0 aliphatic heterocycles. The van der Waals surface area contributed by atoms with Crippen molar-refractivity contribution in [3.63, 3.8) is 0 Å². The van der Waals surface area contributed by atoms with Crippen molar-refractivity contribution in [2.24, 2.45) is 5.92 Å². The van der Waals surface area contributed by atoms with Crippen molar-refractivity contribution in [1.82, 2.24) is 0 Å². The molecule has 0 radical (unpaired) electrons. The predicted molar refractivity (Wildman–Crippen MR) is 66.1 cm³/mol. The Balaban J connectivity index is 2.75. The van der Waals surface area contributed by atoms with Crippen LogP contribution in [0.3, 0.4) is 0 Å². The van der Waals surface area contributed by atoms with Crippen LogP contribution >= 0.6 is 11.8 Å². The molecule has 1 rings (SSSR count). The van der Waals surface area contributed by atoms with Gasteiger partial charge in [-0.25, -0.2) is 0 Å². The zero-order valence-electron chi connectivity index (χ0n) is 9.37. The third-order valence-corrected chi connectivity index (χ3v) is 3.29. The first kappa shape index (κ1) is 11.4. The first-order valence-electron chi connectivity index (χ1n) is 5.04. The molecule has 78 valence electrons. The molecule has 1 N–H and O–H groups in total. The lowest BCUT2D eigenvalue weighted by atomic mass is 10.1. The number of hydrogen-bond acceptors (Lipinski definition) is 2. The van der Waals surface area contributed by atoms with E-state index in [0.717, 1.165) is 0 Å². The molecule has 0 aliphatic carbocycles. The van der Waals surface area contributed by atoms with Crippen LogP contribution in [0.4, 0.5) is 5.69 Å². The highest BCUT2D eigenvalue weighted by molar-refractivity contribution is 7.98. The number of anilines is 1. The van der Waals surface area contributed by atoms with E-state index in [2.05, 4.69) is 56.6 Å². The zero-order valence-corrected chi connectivity index (χ0v) is 10.2. The maximum Gasteiger partial charge on any atom is 0.0480 e. The summed E-state index contributed by atoms with van der Waals surface area (Å²) >= 11 is 1.79. The molecular formula is C12H19NS. The monoisotopic (exact) mass is 209 g/mol. The van der Waals surface area contributed by atoms with Gasteiger partial charge in [0.1, 0.15) is 0 Å². The molecule has 1 atom stereocenters. The van der Waals surface area contributed by atoms with Crippen molar-refractivity contribution in [3.8, 4) is 0 Å². The lowest BCUT2D eigenvalue weighted by Crippen LogP contribution is -2.21. The minimum atomic E-state index is 0.517. The summed E-state index contributed by atoms with van der Waals surface area (Å²) in [7, 11) is 0. The standard InChI is InChI=1S/C12H19NS/c1-9(2)10(3)13-11-7-5-6-8-12(11)14-4/h5-10,13H,1-4H3/t10-/m1/s1. The number of thioether (sulfide) groups is 1. The first-order valence-corrected chi connectivity index (χ1v) is 6.27. The van der Waals surface area contributed by atoms with E-state index >= 15 is 0 Å². The van der Waals surface area contributed by atoms with Gasteiger partial charge in [-0.3, -0.25) is 0 Å². The molecular weight excluding hydrogens is 190 g/mol. The second kappa shape index (κ2) is 5.30. The molecule has 0 saturated carbocycles. The van der Waals surface area contributed by atoms with Crippen LogP contribution in [0, 0.1) is 5.92 Å². The minimum absolute atomic E-state index is 0.517. The largest absolute Gasteiger partial charge is 0.381 e. The van der Waals surface area contributed by atoms with Crippen molar-refractivity contribution < 1.29 is 0 Å². The van der Waals surface area contributed by atoms with Gasteiger partial charge in [0.15, 0.2) is 0 Å². The van der Waals surface area contributed by atoms with E-state index in [1.165, 1.54) is 10.6 Å². The predicted octanol–water partition coefficient (Wildman–Crippen LogP) is 3.86. The third kappa shape index (κ3) is 2.95. The summed E-state index contributed by atoms with van der Waals surface area (Å²) in [6.07, 6.45) is 2.11.